The van der Waals surface area contributed by atoms with Crippen molar-refractivity contribution in [2.24, 2.45) is 0 Å². The molecule has 0 saturated heterocycles. The third kappa shape index (κ3) is 3.82. The normalized spacial score (nSPS) is 14.5. The third-order valence-corrected chi connectivity index (χ3v) is 9.27. The Morgan fingerprint density at radius 2 is 1.44 bits per heavy atom. The van der Waals surface area contributed by atoms with Gasteiger partial charge in [-0.25, -0.2) is 0 Å². The Balaban J connectivity index is 1.97. The summed E-state index contributed by atoms with van der Waals surface area (Å²) in [5, 5.41) is 2.17. The highest BCUT2D eigenvalue weighted by Gasteiger charge is 2.31. The van der Waals surface area contributed by atoms with Crippen LogP contribution in [0.25, 0.3) is 11.1 Å². The Hall–Kier alpha value is -3.38. The van der Waals surface area contributed by atoms with E-state index < -0.39 is 18.0 Å². The van der Waals surface area contributed by atoms with Crippen LogP contribution in [-0.4, -0.2) is 27.2 Å². The maximum Gasteiger partial charge on any atom is 0.295 e. The number of ether oxygens (including phenoxy) is 3. The van der Waals surface area contributed by atoms with Crippen LogP contribution in [0.15, 0.2) is 89.8 Å². The Labute approximate surface area is 199 Å². The predicted octanol–water partition coefficient (Wildman–Crippen LogP) is 4.48. The maximum atomic E-state index is 12.6. The second-order valence-electron chi connectivity index (χ2n) is 7.56. The van der Waals surface area contributed by atoms with Gasteiger partial charge in [-0.05, 0) is 49.1 Å². The summed E-state index contributed by atoms with van der Waals surface area (Å²) in [6.45, 7) is 0. The predicted molar refractivity (Wildman–Crippen MR) is 134 cm³/mol. The number of benzene rings is 4. The Morgan fingerprint density at radius 1 is 0.765 bits per heavy atom. The topological polar surface area (TPSA) is 82.1 Å². The standard InChI is InChI=1S/C26H21O6PS/c1-30-19-9-4-6-13-23(19)33-22-12-5-3-8-18(22)26-20(31-2)10-7-11-21(26)32-17-14-15-24(33)25(16-17)34(27,28)29/h3-16H,1-2H3,(H,27,28,29). The van der Waals surface area contributed by atoms with Gasteiger partial charge in [0.1, 0.15) is 27.9 Å². The van der Waals surface area contributed by atoms with Crippen LogP contribution in [0.1, 0.15) is 0 Å². The molecule has 34 heavy (non-hydrogen) atoms. The van der Waals surface area contributed by atoms with Crippen molar-refractivity contribution in [1.29, 1.82) is 0 Å². The fraction of sp³-hybridized carbons (Fsp3) is 0.0769. The molecule has 0 saturated carbocycles. The van der Waals surface area contributed by atoms with Gasteiger partial charge >= 0.3 is 0 Å². The zero-order valence-corrected chi connectivity index (χ0v) is 20.1. The summed E-state index contributed by atoms with van der Waals surface area (Å²) in [6.07, 6.45) is 0. The van der Waals surface area contributed by atoms with Crippen molar-refractivity contribution >= 4 is 34.0 Å². The first-order chi connectivity index (χ1) is 16.4. The molecule has 2 aliphatic heterocycles. The van der Waals surface area contributed by atoms with Gasteiger partial charge in [0.15, 0.2) is 0 Å². The molecular formula is C26H21O6PS. The lowest BCUT2D eigenvalue weighted by Gasteiger charge is -2.28. The van der Waals surface area contributed by atoms with E-state index in [0.29, 0.717) is 28.3 Å². The molecule has 0 radical (unpaired) electrons. The van der Waals surface area contributed by atoms with Crippen molar-refractivity contribution in [3.63, 3.8) is 0 Å². The van der Waals surface area contributed by atoms with Gasteiger partial charge in [0.2, 0.25) is 0 Å². The van der Waals surface area contributed by atoms with E-state index in [1.807, 2.05) is 66.7 Å². The summed E-state index contributed by atoms with van der Waals surface area (Å²) in [5.41, 5.74) is 1.61. The zero-order chi connectivity index (χ0) is 23.9. The minimum atomic E-state index is -4.55. The number of fused-ring (bicyclic) bond motifs is 2. The molecule has 6 nitrogen and oxygen atoms in total. The van der Waals surface area contributed by atoms with Crippen molar-refractivity contribution in [3.05, 3.63) is 84.9 Å². The molecule has 1 atom stereocenters. The molecule has 2 aliphatic rings. The fourth-order valence-corrected chi connectivity index (χ4v) is 7.98. The molecule has 2 heterocycles. The molecule has 1 unspecified atom stereocenters. The van der Waals surface area contributed by atoms with E-state index in [1.54, 1.807) is 26.4 Å². The van der Waals surface area contributed by atoms with Crippen LogP contribution in [0.4, 0.5) is 0 Å². The molecule has 1 N–H and O–H groups in total. The minimum Gasteiger partial charge on any atom is -0.496 e. The summed E-state index contributed by atoms with van der Waals surface area (Å²) in [4.78, 5) is -0.192. The van der Waals surface area contributed by atoms with Crippen LogP contribution in [0, 0.1) is 0 Å². The lowest BCUT2D eigenvalue weighted by atomic mass is 10.0. The van der Waals surface area contributed by atoms with Gasteiger partial charge in [0, 0.05) is 16.7 Å². The van der Waals surface area contributed by atoms with Gasteiger partial charge in [-0.3, -0.25) is 4.55 Å². The smallest absolute Gasteiger partial charge is 0.295 e. The number of hydrogen-bond donors (Lipinski definition) is 1. The Kier molecular flexibility index (Phi) is 5.78. The van der Waals surface area contributed by atoms with Crippen molar-refractivity contribution in [2.45, 2.75) is 4.90 Å². The van der Waals surface area contributed by atoms with Gasteiger partial charge < -0.3 is 14.2 Å². The van der Waals surface area contributed by atoms with Gasteiger partial charge in [-0.2, -0.15) is 8.42 Å². The lowest BCUT2D eigenvalue weighted by molar-refractivity contribution is 0.411. The van der Waals surface area contributed by atoms with Gasteiger partial charge in [0.05, 0.1) is 19.8 Å². The van der Waals surface area contributed by atoms with Crippen molar-refractivity contribution < 1.29 is 27.2 Å². The Morgan fingerprint density at radius 3 is 2.18 bits per heavy atom. The minimum absolute atomic E-state index is 0.192. The zero-order valence-electron chi connectivity index (χ0n) is 18.4. The van der Waals surface area contributed by atoms with Crippen LogP contribution in [0.5, 0.6) is 23.0 Å². The molecule has 172 valence electrons. The number of rotatable bonds is 4. The summed E-state index contributed by atoms with van der Waals surface area (Å²) in [6, 6.07) is 25.6. The molecule has 6 rings (SSSR count). The molecule has 0 amide bonds. The second kappa shape index (κ2) is 8.76. The highest BCUT2D eigenvalue weighted by atomic mass is 32.2. The quantitative estimate of drug-likeness (QED) is 0.294. The lowest BCUT2D eigenvalue weighted by Crippen LogP contribution is -2.27. The van der Waals surface area contributed by atoms with Gasteiger partial charge in [-0.1, -0.05) is 48.5 Å². The first-order valence-electron chi connectivity index (χ1n) is 10.4. The Bertz CT molecular complexity index is 1500. The molecule has 8 heteroatoms. The third-order valence-electron chi connectivity index (χ3n) is 5.63. The van der Waals surface area contributed by atoms with Crippen LogP contribution < -0.4 is 30.1 Å². The van der Waals surface area contributed by atoms with E-state index in [1.165, 1.54) is 6.07 Å². The van der Waals surface area contributed by atoms with Crippen LogP contribution in [0.3, 0.4) is 0 Å². The molecule has 0 aromatic heterocycles. The first-order valence-corrected chi connectivity index (χ1v) is 13.2. The van der Waals surface area contributed by atoms with E-state index in [4.69, 9.17) is 14.2 Å². The van der Waals surface area contributed by atoms with Crippen molar-refractivity contribution in [3.8, 4) is 34.1 Å². The number of methoxy groups -OCH3 is 2. The summed E-state index contributed by atoms with van der Waals surface area (Å²) in [7, 11) is -2.85. The molecule has 0 spiro atoms. The van der Waals surface area contributed by atoms with E-state index in [9.17, 15) is 13.0 Å². The van der Waals surface area contributed by atoms with Crippen LogP contribution in [0.2, 0.25) is 0 Å². The molecule has 4 aromatic carbocycles. The maximum absolute atomic E-state index is 12.6. The van der Waals surface area contributed by atoms with E-state index in [2.05, 4.69) is 0 Å². The highest BCUT2D eigenvalue weighted by Crippen LogP contribution is 2.47. The van der Waals surface area contributed by atoms with Crippen molar-refractivity contribution in [2.75, 3.05) is 14.2 Å². The largest absolute Gasteiger partial charge is 0.496 e. The SMILES string of the molecule is COc1ccccc1P1c2ccccc2-c2c(OC)cccc2Oc2ccc1c(S(=O)(=O)O)c2. The van der Waals surface area contributed by atoms with E-state index >= 15 is 0 Å². The summed E-state index contributed by atoms with van der Waals surface area (Å²) in [5.74, 6) is 2.06. The van der Waals surface area contributed by atoms with Gasteiger partial charge in [0.25, 0.3) is 10.1 Å². The number of hydrogen-bond acceptors (Lipinski definition) is 5. The molecule has 2 bridgehead atoms. The van der Waals surface area contributed by atoms with E-state index in [0.717, 1.165) is 21.7 Å². The average molecular weight is 492 g/mol. The molecular weight excluding hydrogens is 471 g/mol. The van der Waals surface area contributed by atoms with E-state index in [-0.39, 0.29) is 4.90 Å². The number of para-hydroxylation sites is 1. The molecule has 0 fully saturated rings. The average Bonchev–Trinajstić information content (AvgIpc) is 2.85. The first kappa shape index (κ1) is 22.4. The molecule has 0 aliphatic carbocycles. The fourth-order valence-electron chi connectivity index (χ4n) is 4.19. The molecule has 4 aromatic rings. The highest BCUT2D eigenvalue weighted by molar-refractivity contribution is 7.88. The summed E-state index contributed by atoms with van der Waals surface area (Å²) >= 11 is 0. The van der Waals surface area contributed by atoms with Gasteiger partial charge in [-0.15, -0.1) is 0 Å². The van der Waals surface area contributed by atoms with Crippen molar-refractivity contribution in [1.82, 2.24) is 0 Å². The van der Waals surface area contributed by atoms with Crippen LogP contribution in [-0.2, 0) is 10.1 Å². The monoisotopic (exact) mass is 492 g/mol. The second-order valence-corrected chi connectivity index (χ2v) is 11.1. The summed E-state index contributed by atoms with van der Waals surface area (Å²) < 4.78 is 52.8. The van der Waals surface area contributed by atoms with Crippen LogP contribution >= 0.6 is 7.92 Å².